The molecule has 0 radical (unpaired) electrons. The summed E-state index contributed by atoms with van der Waals surface area (Å²) in [5, 5.41) is 0.0596. The molecule has 0 aliphatic carbocycles. The monoisotopic (exact) mass is 230 g/mol. The fourth-order valence-electron chi connectivity index (χ4n) is 2.11. The van der Waals surface area contributed by atoms with Gasteiger partial charge in [-0.05, 0) is 39.4 Å². The van der Waals surface area contributed by atoms with Gasteiger partial charge in [0.2, 0.25) is 5.91 Å². The molecule has 1 amide bonds. The lowest BCUT2D eigenvalue weighted by atomic mass is 9.96. The highest BCUT2D eigenvalue weighted by Crippen LogP contribution is 2.22. The van der Waals surface area contributed by atoms with Gasteiger partial charge in [-0.3, -0.25) is 4.79 Å². The summed E-state index contributed by atoms with van der Waals surface area (Å²) < 4.78 is 0. The lowest BCUT2D eigenvalue weighted by Crippen LogP contribution is -2.53. The Labute approximate surface area is 96.8 Å². The summed E-state index contributed by atoms with van der Waals surface area (Å²) >= 11 is 1.61. The number of nitrogens with zero attached hydrogens (tertiary/aromatic N) is 1. The molecule has 2 N–H and O–H groups in total. The van der Waals surface area contributed by atoms with E-state index in [1.807, 2.05) is 25.0 Å². The van der Waals surface area contributed by atoms with Crippen LogP contribution in [0, 0.1) is 0 Å². The van der Waals surface area contributed by atoms with Crippen molar-refractivity contribution in [2.45, 2.75) is 50.4 Å². The fraction of sp³-hybridized carbons (Fsp3) is 0.909. The van der Waals surface area contributed by atoms with Gasteiger partial charge in [0.1, 0.15) is 0 Å². The van der Waals surface area contributed by atoms with E-state index in [2.05, 4.69) is 0 Å². The zero-order valence-corrected chi connectivity index (χ0v) is 10.7. The van der Waals surface area contributed by atoms with Crippen molar-refractivity contribution < 1.29 is 4.79 Å². The van der Waals surface area contributed by atoms with Crippen molar-refractivity contribution in [2.24, 2.45) is 5.73 Å². The quantitative estimate of drug-likeness (QED) is 0.798. The second kappa shape index (κ2) is 5.75. The number of amides is 1. The molecule has 0 bridgehead atoms. The molecule has 0 aromatic carbocycles. The second-order valence-corrected chi connectivity index (χ2v) is 5.51. The summed E-state index contributed by atoms with van der Waals surface area (Å²) in [7, 11) is 0. The molecule has 1 saturated heterocycles. The number of nitrogens with two attached hydrogens (primary N) is 1. The van der Waals surface area contributed by atoms with Crippen molar-refractivity contribution in [1.29, 1.82) is 0 Å². The maximum atomic E-state index is 12.1. The van der Waals surface area contributed by atoms with E-state index in [0.717, 1.165) is 19.4 Å². The molecule has 1 fully saturated rings. The Hall–Kier alpha value is -0.220. The minimum Gasteiger partial charge on any atom is -0.337 e. The van der Waals surface area contributed by atoms with Crippen molar-refractivity contribution in [3.63, 3.8) is 0 Å². The molecule has 4 heteroatoms. The van der Waals surface area contributed by atoms with Crippen LogP contribution in [0.1, 0.15) is 33.1 Å². The first kappa shape index (κ1) is 12.8. The van der Waals surface area contributed by atoms with Gasteiger partial charge in [-0.15, -0.1) is 0 Å². The largest absolute Gasteiger partial charge is 0.337 e. The van der Waals surface area contributed by atoms with Crippen LogP contribution in [-0.2, 0) is 4.79 Å². The number of likely N-dealkylation sites (tertiary alicyclic amines) is 1. The van der Waals surface area contributed by atoms with E-state index < -0.39 is 0 Å². The van der Waals surface area contributed by atoms with E-state index in [0.29, 0.717) is 0 Å². The summed E-state index contributed by atoms with van der Waals surface area (Å²) in [4.78, 5) is 14.1. The molecule has 0 aromatic heterocycles. The number of hydrogen-bond donors (Lipinski definition) is 1. The third kappa shape index (κ3) is 3.11. The Bertz CT molecular complexity index is 221. The SMILES string of the molecule is CSC(C)C(=O)N1CCCCC1C(C)N. The average Bonchev–Trinajstić information content (AvgIpc) is 2.27. The topological polar surface area (TPSA) is 46.3 Å². The summed E-state index contributed by atoms with van der Waals surface area (Å²) in [5.41, 5.74) is 5.94. The highest BCUT2D eigenvalue weighted by molar-refractivity contribution is 7.99. The Morgan fingerprint density at radius 2 is 2.13 bits per heavy atom. The Kier molecular flexibility index (Phi) is 4.93. The van der Waals surface area contributed by atoms with Crippen LogP contribution in [0.4, 0.5) is 0 Å². The molecule has 0 spiro atoms. The third-order valence-electron chi connectivity index (χ3n) is 3.14. The number of carbonyl (C=O) groups excluding carboxylic acids is 1. The minimum absolute atomic E-state index is 0.0596. The van der Waals surface area contributed by atoms with Crippen LogP contribution in [0.25, 0.3) is 0 Å². The molecule has 1 heterocycles. The molecule has 3 unspecified atom stereocenters. The van der Waals surface area contributed by atoms with E-state index in [1.54, 1.807) is 11.8 Å². The van der Waals surface area contributed by atoms with E-state index in [9.17, 15) is 4.79 Å². The van der Waals surface area contributed by atoms with Gasteiger partial charge in [0.05, 0.1) is 5.25 Å². The predicted octanol–water partition coefficient (Wildman–Crippen LogP) is 1.47. The minimum atomic E-state index is 0.0596. The standard InChI is InChI=1S/C11H22N2OS/c1-8(12)10-6-4-5-7-13(10)11(14)9(2)15-3/h8-10H,4-7,12H2,1-3H3. The summed E-state index contributed by atoms with van der Waals surface area (Å²) in [6, 6.07) is 0.337. The van der Waals surface area contributed by atoms with Gasteiger partial charge in [-0.1, -0.05) is 0 Å². The van der Waals surface area contributed by atoms with Crippen LogP contribution in [0.3, 0.4) is 0 Å². The number of carbonyl (C=O) groups is 1. The van der Waals surface area contributed by atoms with E-state index in [4.69, 9.17) is 5.73 Å². The molecule has 88 valence electrons. The molecular weight excluding hydrogens is 208 g/mol. The normalized spacial score (nSPS) is 26.1. The maximum Gasteiger partial charge on any atom is 0.235 e. The molecule has 0 saturated carbocycles. The first-order valence-corrected chi connectivity index (χ1v) is 6.95. The van der Waals surface area contributed by atoms with Crippen molar-refractivity contribution in [3.05, 3.63) is 0 Å². The third-order valence-corrected chi connectivity index (χ3v) is 4.05. The lowest BCUT2D eigenvalue weighted by molar-refractivity contribution is -0.134. The van der Waals surface area contributed by atoms with Crippen molar-refractivity contribution in [2.75, 3.05) is 12.8 Å². The maximum absolute atomic E-state index is 12.1. The van der Waals surface area contributed by atoms with Crippen LogP contribution in [0.2, 0.25) is 0 Å². The number of hydrogen-bond acceptors (Lipinski definition) is 3. The molecule has 0 aromatic rings. The Morgan fingerprint density at radius 3 is 2.67 bits per heavy atom. The van der Waals surface area contributed by atoms with Crippen LogP contribution in [-0.4, -0.2) is 40.9 Å². The van der Waals surface area contributed by atoms with Crippen LogP contribution >= 0.6 is 11.8 Å². The lowest BCUT2D eigenvalue weighted by Gasteiger charge is -2.39. The van der Waals surface area contributed by atoms with Crippen LogP contribution < -0.4 is 5.73 Å². The summed E-state index contributed by atoms with van der Waals surface area (Å²) in [6.07, 6.45) is 5.36. The molecule has 1 aliphatic rings. The second-order valence-electron chi connectivity index (χ2n) is 4.33. The van der Waals surface area contributed by atoms with Crippen molar-refractivity contribution >= 4 is 17.7 Å². The molecule has 1 rings (SSSR count). The molecule has 3 atom stereocenters. The van der Waals surface area contributed by atoms with Crippen molar-refractivity contribution in [1.82, 2.24) is 4.90 Å². The zero-order valence-electron chi connectivity index (χ0n) is 9.90. The van der Waals surface area contributed by atoms with E-state index in [1.165, 1.54) is 6.42 Å². The van der Waals surface area contributed by atoms with Gasteiger partial charge in [-0.25, -0.2) is 0 Å². The summed E-state index contributed by atoms with van der Waals surface area (Å²) in [5.74, 6) is 0.254. The molecular formula is C11H22N2OS. The van der Waals surface area contributed by atoms with Gasteiger partial charge in [0.25, 0.3) is 0 Å². The van der Waals surface area contributed by atoms with Crippen molar-refractivity contribution in [3.8, 4) is 0 Å². The van der Waals surface area contributed by atoms with Crippen LogP contribution in [0.5, 0.6) is 0 Å². The zero-order chi connectivity index (χ0) is 11.4. The van der Waals surface area contributed by atoms with E-state index >= 15 is 0 Å². The van der Waals surface area contributed by atoms with Gasteiger partial charge < -0.3 is 10.6 Å². The Balaban J connectivity index is 2.67. The number of piperidine rings is 1. The fourth-order valence-corrected chi connectivity index (χ4v) is 2.45. The predicted molar refractivity (Wildman–Crippen MR) is 66.0 cm³/mol. The smallest absolute Gasteiger partial charge is 0.235 e. The highest BCUT2D eigenvalue weighted by atomic mass is 32.2. The number of thioether (sulfide) groups is 1. The summed E-state index contributed by atoms with van der Waals surface area (Å²) in [6.45, 7) is 4.86. The first-order chi connectivity index (χ1) is 7.07. The van der Waals surface area contributed by atoms with Crippen LogP contribution in [0.15, 0.2) is 0 Å². The average molecular weight is 230 g/mol. The van der Waals surface area contributed by atoms with Gasteiger partial charge in [0, 0.05) is 18.6 Å². The van der Waals surface area contributed by atoms with Gasteiger partial charge in [-0.2, -0.15) is 11.8 Å². The Morgan fingerprint density at radius 1 is 1.47 bits per heavy atom. The molecule has 1 aliphatic heterocycles. The van der Waals surface area contributed by atoms with Gasteiger partial charge in [0.15, 0.2) is 0 Å². The first-order valence-electron chi connectivity index (χ1n) is 5.66. The molecule has 15 heavy (non-hydrogen) atoms. The van der Waals surface area contributed by atoms with Gasteiger partial charge >= 0.3 is 0 Å². The highest BCUT2D eigenvalue weighted by Gasteiger charge is 2.31. The molecule has 3 nitrogen and oxygen atoms in total. The number of rotatable bonds is 3. The van der Waals surface area contributed by atoms with E-state index in [-0.39, 0.29) is 23.2 Å².